The number of furan rings is 1. The first-order chi connectivity index (χ1) is 14.5. The maximum absolute atomic E-state index is 12.6. The van der Waals surface area contributed by atoms with Crippen molar-refractivity contribution in [1.29, 1.82) is 0 Å². The molecular formula is C22H20ClNO6. The van der Waals surface area contributed by atoms with Crippen LogP contribution in [0.5, 0.6) is 11.5 Å². The average Bonchev–Trinajstić information content (AvgIpc) is 3.19. The number of carbonyl (C=O) groups is 2. The van der Waals surface area contributed by atoms with E-state index >= 15 is 0 Å². The molecular weight excluding hydrogens is 410 g/mol. The minimum atomic E-state index is -0.695. The van der Waals surface area contributed by atoms with Gasteiger partial charge in [0.2, 0.25) is 5.76 Å². The monoisotopic (exact) mass is 429 g/mol. The van der Waals surface area contributed by atoms with E-state index in [1.165, 1.54) is 0 Å². The molecule has 7 nitrogen and oxygen atoms in total. The van der Waals surface area contributed by atoms with Crippen molar-refractivity contribution in [1.82, 2.24) is 4.90 Å². The van der Waals surface area contributed by atoms with E-state index in [0.29, 0.717) is 47.0 Å². The summed E-state index contributed by atoms with van der Waals surface area (Å²) in [5, 5.41) is 1.23. The summed E-state index contributed by atoms with van der Waals surface area (Å²) < 4.78 is 21.3. The fourth-order valence-corrected chi connectivity index (χ4v) is 3.68. The summed E-state index contributed by atoms with van der Waals surface area (Å²) in [5.41, 5.74) is 2.61. The van der Waals surface area contributed by atoms with Crippen molar-refractivity contribution in [3.63, 3.8) is 0 Å². The van der Waals surface area contributed by atoms with E-state index in [0.717, 1.165) is 11.1 Å². The molecule has 1 aliphatic heterocycles. The van der Waals surface area contributed by atoms with E-state index < -0.39 is 5.97 Å². The summed E-state index contributed by atoms with van der Waals surface area (Å²) in [7, 11) is 3.16. The van der Waals surface area contributed by atoms with Crippen molar-refractivity contribution in [3.05, 3.63) is 58.3 Å². The number of halogens is 1. The van der Waals surface area contributed by atoms with Crippen molar-refractivity contribution in [2.24, 2.45) is 0 Å². The van der Waals surface area contributed by atoms with Crippen LogP contribution in [0, 0.1) is 0 Å². The van der Waals surface area contributed by atoms with Crippen molar-refractivity contribution in [3.8, 4) is 11.5 Å². The molecule has 0 bridgehead atoms. The molecule has 2 heterocycles. The number of esters is 1. The van der Waals surface area contributed by atoms with E-state index in [4.69, 9.17) is 30.2 Å². The van der Waals surface area contributed by atoms with Gasteiger partial charge in [-0.15, -0.1) is 0 Å². The Balaban J connectivity index is 1.40. The Kier molecular flexibility index (Phi) is 5.55. The first kappa shape index (κ1) is 20.1. The third-order valence-corrected chi connectivity index (χ3v) is 5.31. The Hall–Kier alpha value is -3.19. The Morgan fingerprint density at radius 1 is 1.07 bits per heavy atom. The molecule has 1 aliphatic rings. The molecule has 1 aromatic heterocycles. The lowest BCUT2D eigenvalue weighted by Crippen LogP contribution is -2.38. The summed E-state index contributed by atoms with van der Waals surface area (Å²) >= 11 is 5.95. The highest BCUT2D eigenvalue weighted by molar-refractivity contribution is 6.31. The van der Waals surface area contributed by atoms with E-state index in [1.54, 1.807) is 43.4 Å². The summed E-state index contributed by atoms with van der Waals surface area (Å²) in [6.07, 6.45) is 0.680. The van der Waals surface area contributed by atoms with Gasteiger partial charge in [0.1, 0.15) is 5.58 Å². The maximum atomic E-state index is 12.6. The minimum Gasteiger partial charge on any atom is -0.493 e. The van der Waals surface area contributed by atoms with Crippen molar-refractivity contribution < 1.29 is 28.2 Å². The predicted molar refractivity (Wildman–Crippen MR) is 110 cm³/mol. The second-order valence-electron chi connectivity index (χ2n) is 6.91. The Morgan fingerprint density at radius 3 is 2.53 bits per heavy atom. The van der Waals surface area contributed by atoms with Crippen LogP contribution < -0.4 is 9.47 Å². The number of fused-ring (bicyclic) bond motifs is 2. The van der Waals surface area contributed by atoms with E-state index in [1.807, 2.05) is 12.1 Å². The van der Waals surface area contributed by atoms with Gasteiger partial charge < -0.3 is 23.5 Å². The lowest BCUT2D eigenvalue weighted by molar-refractivity contribution is -0.135. The third-order valence-electron chi connectivity index (χ3n) is 5.08. The molecule has 3 aromatic rings. The highest BCUT2D eigenvalue weighted by Gasteiger charge is 2.24. The number of ether oxygens (including phenoxy) is 3. The van der Waals surface area contributed by atoms with Gasteiger partial charge in [0, 0.05) is 23.5 Å². The normalized spacial score (nSPS) is 13.1. The molecule has 0 N–H and O–H groups in total. The number of amides is 1. The number of rotatable bonds is 5. The predicted octanol–water partition coefficient (Wildman–Crippen LogP) is 3.85. The van der Waals surface area contributed by atoms with Gasteiger partial charge in [-0.05, 0) is 53.9 Å². The van der Waals surface area contributed by atoms with Gasteiger partial charge in [0.15, 0.2) is 18.1 Å². The van der Waals surface area contributed by atoms with Crippen LogP contribution in [0.1, 0.15) is 21.7 Å². The zero-order chi connectivity index (χ0) is 21.3. The number of benzene rings is 2. The van der Waals surface area contributed by atoms with Crippen LogP contribution in [-0.4, -0.2) is 44.1 Å². The Labute approximate surface area is 178 Å². The van der Waals surface area contributed by atoms with Crippen molar-refractivity contribution >= 4 is 34.4 Å². The largest absolute Gasteiger partial charge is 0.493 e. The number of nitrogens with zero attached hydrogens (tertiary/aromatic N) is 1. The third kappa shape index (κ3) is 3.93. The molecule has 8 heteroatoms. The van der Waals surface area contributed by atoms with E-state index in [2.05, 4.69) is 0 Å². The second-order valence-corrected chi connectivity index (χ2v) is 7.35. The molecule has 0 spiro atoms. The first-order valence-corrected chi connectivity index (χ1v) is 9.74. The summed E-state index contributed by atoms with van der Waals surface area (Å²) in [6, 6.07) is 10.4. The zero-order valence-electron chi connectivity index (χ0n) is 16.6. The molecule has 0 aliphatic carbocycles. The summed E-state index contributed by atoms with van der Waals surface area (Å²) in [4.78, 5) is 26.5. The molecule has 1 amide bonds. The SMILES string of the molecule is COc1cc2c(cc1OC)CN(C(=O)COC(=O)c1cc3cc(Cl)ccc3o1)CC2. The van der Waals surface area contributed by atoms with Crippen LogP contribution in [-0.2, 0) is 22.5 Å². The molecule has 0 unspecified atom stereocenters. The molecule has 0 radical (unpaired) electrons. The lowest BCUT2D eigenvalue weighted by Gasteiger charge is -2.29. The van der Waals surface area contributed by atoms with Gasteiger partial charge in [0.05, 0.1) is 14.2 Å². The smallest absolute Gasteiger partial charge is 0.374 e. The molecule has 0 saturated carbocycles. The second kappa shape index (κ2) is 8.28. The summed E-state index contributed by atoms with van der Waals surface area (Å²) in [6.45, 7) is 0.580. The molecule has 0 saturated heterocycles. The molecule has 156 valence electrons. The number of hydrogen-bond donors (Lipinski definition) is 0. The molecule has 0 atom stereocenters. The van der Waals surface area contributed by atoms with Gasteiger partial charge >= 0.3 is 5.97 Å². The van der Waals surface area contributed by atoms with Crippen molar-refractivity contribution in [2.75, 3.05) is 27.4 Å². The van der Waals surface area contributed by atoms with Crippen LogP contribution in [0.3, 0.4) is 0 Å². The van der Waals surface area contributed by atoms with E-state index in [9.17, 15) is 9.59 Å². The van der Waals surface area contributed by atoms with Crippen LogP contribution in [0.2, 0.25) is 5.02 Å². The number of methoxy groups -OCH3 is 2. The topological polar surface area (TPSA) is 78.2 Å². The molecule has 30 heavy (non-hydrogen) atoms. The van der Waals surface area contributed by atoms with Crippen LogP contribution in [0.15, 0.2) is 40.8 Å². The van der Waals surface area contributed by atoms with E-state index in [-0.39, 0.29) is 18.3 Å². The van der Waals surface area contributed by atoms with Crippen LogP contribution in [0.4, 0.5) is 0 Å². The Morgan fingerprint density at radius 2 is 1.80 bits per heavy atom. The fourth-order valence-electron chi connectivity index (χ4n) is 3.50. The molecule has 0 fully saturated rings. The highest BCUT2D eigenvalue weighted by atomic mass is 35.5. The number of carbonyl (C=O) groups excluding carboxylic acids is 2. The summed E-state index contributed by atoms with van der Waals surface area (Å²) in [5.74, 6) is 0.336. The lowest BCUT2D eigenvalue weighted by atomic mass is 9.99. The van der Waals surface area contributed by atoms with Gasteiger partial charge in [0.25, 0.3) is 5.91 Å². The van der Waals surface area contributed by atoms with Crippen LogP contribution >= 0.6 is 11.6 Å². The highest BCUT2D eigenvalue weighted by Crippen LogP contribution is 2.33. The first-order valence-electron chi connectivity index (χ1n) is 9.36. The van der Waals surface area contributed by atoms with Crippen LogP contribution in [0.25, 0.3) is 11.0 Å². The fraction of sp³-hybridized carbons (Fsp3) is 0.273. The zero-order valence-corrected chi connectivity index (χ0v) is 17.3. The average molecular weight is 430 g/mol. The molecule has 2 aromatic carbocycles. The Bertz CT molecular complexity index is 1120. The van der Waals surface area contributed by atoms with Crippen molar-refractivity contribution in [2.45, 2.75) is 13.0 Å². The van der Waals surface area contributed by atoms with Gasteiger partial charge in [-0.2, -0.15) is 0 Å². The number of hydrogen-bond acceptors (Lipinski definition) is 6. The van der Waals surface area contributed by atoms with Gasteiger partial charge in [-0.25, -0.2) is 4.79 Å². The standard InChI is InChI=1S/C22H20ClNO6/c1-27-18-8-13-5-6-24(11-15(13)10-19(18)28-2)21(25)12-29-22(26)20-9-14-7-16(23)3-4-17(14)30-20/h3-4,7-10H,5-6,11-12H2,1-2H3. The quantitative estimate of drug-likeness (QED) is 0.573. The molecule has 4 rings (SSSR count). The maximum Gasteiger partial charge on any atom is 0.374 e. The minimum absolute atomic E-state index is 0.0286. The van der Waals surface area contributed by atoms with Gasteiger partial charge in [-0.3, -0.25) is 4.79 Å². The van der Waals surface area contributed by atoms with Gasteiger partial charge in [-0.1, -0.05) is 11.6 Å².